The first-order valence-corrected chi connectivity index (χ1v) is 14.4. The summed E-state index contributed by atoms with van der Waals surface area (Å²) in [4.78, 5) is 29.7. The molecular weight excluding hydrogens is 559 g/mol. The Bertz CT molecular complexity index is 1380. The Kier molecular flexibility index (Phi) is 10.5. The number of likely N-dealkylation sites (N-methyl/N-ethyl adjacent to an activating group) is 1. The van der Waals surface area contributed by atoms with Crippen molar-refractivity contribution in [3.63, 3.8) is 0 Å². The van der Waals surface area contributed by atoms with Gasteiger partial charge in [-0.25, -0.2) is 0 Å². The van der Waals surface area contributed by atoms with Gasteiger partial charge in [-0.05, 0) is 42.8 Å². The Hall–Kier alpha value is -3.89. The maximum absolute atomic E-state index is 13.6. The van der Waals surface area contributed by atoms with E-state index < -0.39 is 37.1 Å². The molecule has 0 fully saturated rings. The van der Waals surface area contributed by atoms with Gasteiger partial charge in [-0.15, -0.1) is 0 Å². The van der Waals surface area contributed by atoms with E-state index in [9.17, 15) is 27.9 Å². The highest BCUT2D eigenvalue weighted by atomic mass is 19.4. The number of nitrogens with one attached hydrogen (secondary N) is 1. The van der Waals surface area contributed by atoms with Gasteiger partial charge >= 0.3 is 6.18 Å². The minimum Gasteiger partial charge on any atom is -0.486 e. The second-order valence-corrected chi connectivity index (χ2v) is 11.2. The Labute approximate surface area is 250 Å². The van der Waals surface area contributed by atoms with Crippen LogP contribution in [-0.4, -0.2) is 71.8 Å². The topological polar surface area (TPSA) is 82.1 Å². The molecule has 1 heterocycles. The maximum Gasteiger partial charge on any atom is 0.389 e. The zero-order valence-electron chi connectivity index (χ0n) is 24.6. The summed E-state index contributed by atoms with van der Waals surface area (Å²) in [7, 11) is 1.96. The number of aliphatic hydroxyl groups is 1. The first-order chi connectivity index (χ1) is 20.4. The van der Waals surface area contributed by atoms with Gasteiger partial charge in [-0.3, -0.25) is 14.5 Å². The van der Waals surface area contributed by atoms with Crippen molar-refractivity contribution >= 4 is 17.5 Å². The first kappa shape index (κ1) is 32.0. The number of anilines is 1. The number of carbonyl (C=O) groups excluding carboxylic acids is 2. The SMILES string of the molecule is C[C@H](CO)N1C[C@H](C)[C@@H](CN(C)Cc2ccc(-c3ccccc3)cc2)Oc2c(NC(=O)CCC(F)(F)F)cccc2C1=O. The van der Waals surface area contributed by atoms with Gasteiger partial charge in [-0.1, -0.05) is 67.6 Å². The smallest absolute Gasteiger partial charge is 0.389 e. The van der Waals surface area contributed by atoms with Crippen LogP contribution in [0, 0.1) is 5.92 Å². The number of aliphatic hydroxyl groups excluding tert-OH is 1. The van der Waals surface area contributed by atoms with E-state index in [1.54, 1.807) is 24.0 Å². The van der Waals surface area contributed by atoms with Crippen LogP contribution in [0.3, 0.4) is 0 Å². The molecule has 1 aliphatic heterocycles. The third-order valence-corrected chi connectivity index (χ3v) is 7.61. The summed E-state index contributed by atoms with van der Waals surface area (Å²) >= 11 is 0. The zero-order chi connectivity index (χ0) is 31.1. The van der Waals surface area contributed by atoms with E-state index in [0.29, 0.717) is 19.6 Å². The standard InChI is InChI=1S/C33H38F3N3O4/c1-22-18-39(23(2)21-40)32(42)27-10-7-11-28(37-30(41)16-17-33(34,35)36)31(27)43-29(22)20-38(3)19-24-12-14-26(15-13-24)25-8-5-4-6-9-25/h4-15,22-23,29,40H,16-21H2,1-3H3,(H,37,41)/t22-,23+,29+/m0/s1. The first-order valence-electron chi connectivity index (χ1n) is 14.4. The fraction of sp³-hybridized carbons (Fsp3) is 0.394. The lowest BCUT2D eigenvalue weighted by Gasteiger charge is -2.38. The van der Waals surface area contributed by atoms with Gasteiger partial charge in [0.25, 0.3) is 5.91 Å². The summed E-state index contributed by atoms with van der Waals surface area (Å²) in [5, 5.41) is 12.4. The number of nitrogens with zero attached hydrogens (tertiary/aromatic N) is 2. The van der Waals surface area contributed by atoms with Crippen LogP contribution in [-0.2, 0) is 11.3 Å². The van der Waals surface area contributed by atoms with Crippen molar-refractivity contribution in [1.29, 1.82) is 0 Å². The number of hydrogen-bond donors (Lipinski definition) is 2. The van der Waals surface area contributed by atoms with Gasteiger partial charge in [0.15, 0.2) is 5.75 Å². The molecule has 0 bridgehead atoms. The molecule has 0 spiro atoms. The molecule has 0 aromatic heterocycles. The Balaban J connectivity index is 1.56. The number of benzene rings is 3. The van der Waals surface area contributed by atoms with E-state index in [0.717, 1.165) is 16.7 Å². The number of fused-ring (bicyclic) bond motifs is 1. The third-order valence-electron chi connectivity index (χ3n) is 7.61. The highest BCUT2D eigenvalue weighted by Crippen LogP contribution is 2.35. The molecule has 4 rings (SSSR count). The minimum atomic E-state index is -4.47. The van der Waals surface area contributed by atoms with Crippen LogP contribution >= 0.6 is 0 Å². The van der Waals surface area contributed by atoms with Crippen LogP contribution in [0.1, 0.15) is 42.6 Å². The molecule has 0 saturated heterocycles. The van der Waals surface area contributed by atoms with Crippen LogP contribution in [0.25, 0.3) is 11.1 Å². The minimum absolute atomic E-state index is 0.111. The van der Waals surface area contributed by atoms with Crippen LogP contribution in [0.4, 0.5) is 18.9 Å². The van der Waals surface area contributed by atoms with E-state index in [1.165, 1.54) is 6.07 Å². The highest BCUT2D eigenvalue weighted by Gasteiger charge is 2.35. The molecule has 43 heavy (non-hydrogen) atoms. The van der Waals surface area contributed by atoms with E-state index in [1.807, 2.05) is 32.2 Å². The van der Waals surface area contributed by atoms with Crippen molar-refractivity contribution in [2.75, 3.05) is 32.1 Å². The Morgan fingerprint density at radius 1 is 1.07 bits per heavy atom. The summed E-state index contributed by atoms with van der Waals surface area (Å²) in [6.07, 6.45) is -6.92. The number of alkyl halides is 3. The monoisotopic (exact) mass is 597 g/mol. The molecule has 230 valence electrons. The third kappa shape index (κ3) is 8.58. The molecule has 3 aromatic carbocycles. The predicted octanol–water partition coefficient (Wildman–Crippen LogP) is 5.99. The molecule has 0 aliphatic carbocycles. The number of amides is 2. The van der Waals surface area contributed by atoms with Crippen molar-refractivity contribution < 1.29 is 32.6 Å². The molecule has 1 aliphatic rings. The normalized spacial score (nSPS) is 18.0. The number of rotatable bonds is 10. The summed E-state index contributed by atoms with van der Waals surface area (Å²) in [5.74, 6) is -1.28. The average molecular weight is 598 g/mol. The molecule has 2 N–H and O–H groups in total. The fourth-order valence-electron chi connectivity index (χ4n) is 5.14. The number of hydrogen-bond acceptors (Lipinski definition) is 5. The molecule has 0 radical (unpaired) electrons. The second-order valence-electron chi connectivity index (χ2n) is 11.2. The molecule has 7 nitrogen and oxygen atoms in total. The zero-order valence-corrected chi connectivity index (χ0v) is 24.6. The quantitative estimate of drug-likeness (QED) is 0.300. The Morgan fingerprint density at radius 3 is 2.40 bits per heavy atom. The molecule has 10 heteroatoms. The number of ether oxygens (including phenoxy) is 1. The molecule has 2 amide bonds. The van der Waals surface area contributed by atoms with Crippen LogP contribution < -0.4 is 10.1 Å². The van der Waals surface area contributed by atoms with Crippen molar-refractivity contribution in [2.45, 2.75) is 51.6 Å². The fourth-order valence-corrected chi connectivity index (χ4v) is 5.14. The maximum atomic E-state index is 13.6. The van der Waals surface area contributed by atoms with E-state index in [2.05, 4.69) is 46.6 Å². The Morgan fingerprint density at radius 2 is 1.74 bits per heavy atom. The molecule has 3 atom stereocenters. The van der Waals surface area contributed by atoms with Crippen LogP contribution in [0.2, 0.25) is 0 Å². The molecule has 0 saturated carbocycles. The largest absolute Gasteiger partial charge is 0.486 e. The lowest BCUT2D eigenvalue weighted by Crippen LogP contribution is -2.49. The van der Waals surface area contributed by atoms with Gasteiger partial charge in [0.05, 0.1) is 30.3 Å². The van der Waals surface area contributed by atoms with Crippen molar-refractivity contribution in [2.24, 2.45) is 5.92 Å². The number of para-hydroxylation sites is 1. The van der Waals surface area contributed by atoms with Gasteiger partial charge in [0.2, 0.25) is 5.91 Å². The lowest BCUT2D eigenvalue weighted by atomic mass is 9.98. The summed E-state index contributed by atoms with van der Waals surface area (Å²) < 4.78 is 44.6. The van der Waals surface area contributed by atoms with E-state index >= 15 is 0 Å². The van der Waals surface area contributed by atoms with Crippen LogP contribution in [0.15, 0.2) is 72.8 Å². The number of carbonyl (C=O) groups is 2. The summed E-state index contributed by atoms with van der Waals surface area (Å²) in [6, 6.07) is 22.6. The average Bonchev–Trinajstić information content (AvgIpc) is 2.98. The molecule has 3 aromatic rings. The van der Waals surface area contributed by atoms with Crippen molar-refractivity contribution in [3.8, 4) is 16.9 Å². The summed E-state index contributed by atoms with van der Waals surface area (Å²) in [6.45, 7) is 4.87. The van der Waals surface area contributed by atoms with Gasteiger partial charge in [-0.2, -0.15) is 13.2 Å². The van der Waals surface area contributed by atoms with Gasteiger partial charge < -0.3 is 20.1 Å². The van der Waals surface area contributed by atoms with Crippen LogP contribution in [0.5, 0.6) is 5.75 Å². The molecule has 0 unspecified atom stereocenters. The van der Waals surface area contributed by atoms with E-state index in [-0.39, 0.29) is 35.4 Å². The van der Waals surface area contributed by atoms with Gasteiger partial charge in [0, 0.05) is 32.0 Å². The van der Waals surface area contributed by atoms with Gasteiger partial charge in [0.1, 0.15) is 6.10 Å². The van der Waals surface area contributed by atoms with E-state index in [4.69, 9.17) is 4.74 Å². The summed E-state index contributed by atoms with van der Waals surface area (Å²) in [5.41, 5.74) is 3.66. The van der Waals surface area contributed by atoms with Crippen molar-refractivity contribution in [3.05, 3.63) is 83.9 Å². The van der Waals surface area contributed by atoms with Crippen molar-refractivity contribution in [1.82, 2.24) is 9.80 Å². The number of halogens is 3. The lowest BCUT2D eigenvalue weighted by molar-refractivity contribution is -0.142. The highest BCUT2D eigenvalue weighted by molar-refractivity contribution is 6.01. The predicted molar refractivity (Wildman–Crippen MR) is 160 cm³/mol. The second kappa shape index (κ2) is 14.1. The molecular formula is C33H38F3N3O4.